The van der Waals surface area contributed by atoms with E-state index in [2.05, 4.69) is 66.0 Å². The number of fused-ring (bicyclic) bond motifs is 1. The van der Waals surface area contributed by atoms with Crippen LogP contribution in [0, 0.1) is 0 Å². The Morgan fingerprint density at radius 3 is 2.69 bits per heavy atom. The van der Waals surface area contributed by atoms with E-state index in [1.165, 1.54) is 16.5 Å². The van der Waals surface area contributed by atoms with Crippen molar-refractivity contribution >= 4 is 45.5 Å². The molecule has 3 rings (SSSR count). The molecule has 0 saturated heterocycles. The number of benzene rings is 2. The number of rotatable bonds is 7. The van der Waals surface area contributed by atoms with Crippen LogP contribution in [0.3, 0.4) is 0 Å². The average Bonchev–Trinajstić information content (AvgIpc) is 3.10. The Labute approximate surface area is 183 Å². The highest BCUT2D eigenvalue weighted by Crippen LogP contribution is 2.29. The highest BCUT2D eigenvalue weighted by Gasteiger charge is 2.20. The summed E-state index contributed by atoms with van der Waals surface area (Å²) >= 11 is 11.9. The first kappa shape index (κ1) is 21.5. The van der Waals surface area contributed by atoms with E-state index in [9.17, 15) is 0 Å². The van der Waals surface area contributed by atoms with Gasteiger partial charge in [-0.15, -0.1) is 0 Å². The molecule has 4 nitrogen and oxygen atoms in total. The third-order valence-corrected chi connectivity index (χ3v) is 5.91. The standard InChI is InChI=1S/C23H28ClN3OS/c1-5-16(3)27(23(29)25-20-12-11-18(24)13-22(20)28-4)15-17-14-26(6-2)21-10-8-7-9-19(17)21/h7-14,16H,5-6,15H2,1-4H3,(H,25,29). The van der Waals surface area contributed by atoms with E-state index < -0.39 is 0 Å². The van der Waals surface area contributed by atoms with Gasteiger partial charge in [-0.1, -0.05) is 36.7 Å². The molecule has 0 aliphatic carbocycles. The fraction of sp³-hybridized carbons (Fsp3) is 0.348. The fourth-order valence-corrected chi connectivity index (χ4v) is 4.01. The summed E-state index contributed by atoms with van der Waals surface area (Å²) in [5.74, 6) is 0.673. The van der Waals surface area contributed by atoms with Gasteiger partial charge >= 0.3 is 0 Å². The topological polar surface area (TPSA) is 29.4 Å². The van der Waals surface area contributed by atoms with Gasteiger partial charge in [-0.05, 0) is 56.2 Å². The zero-order chi connectivity index (χ0) is 21.0. The van der Waals surface area contributed by atoms with E-state index >= 15 is 0 Å². The molecule has 0 aliphatic heterocycles. The molecule has 0 saturated carbocycles. The number of anilines is 1. The minimum Gasteiger partial charge on any atom is -0.495 e. The number of aromatic nitrogens is 1. The van der Waals surface area contributed by atoms with Crippen molar-refractivity contribution in [3.63, 3.8) is 0 Å². The lowest BCUT2D eigenvalue weighted by molar-refractivity contribution is 0.320. The largest absolute Gasteiger partial charge is 0.495 e. The number of halogens is 1. The molecule has 2 aromatic carbocycles. The number of thiocarbonyl (C=S) groups is 1. The summed E-state index contributed by atoms with van der Waals surface area (Å²) in [4.78, 5) is 2.24. The highest BCUT2D eigenvalue weighted by molar-refractivity contribution is 7.80. The molecular weight excluding hydrogens is 402 g/mol. The molecule has 1 atom stereocenters. The van der Waals surface area contributed by atoms with Gasteiger partial charge in [0.25, 0.3) is 0 Å². The van der Waals surface area contributed by atoms with Crippen molar-refractivity contribution in [3.8, 4) is 5.75 Å². The van der Waals surface area contributed by atoms with Crippen LogP contribution in [0.15, 0.2) is 48.7 Å². The quantitative estimate of drug-likeness (QED) is 0.445. The number of methoxy groups -OCH3 is 1. The van der Waals surface area contributed by atoms with Gasteiger partial charge in [0, 0.05) is 47.3 Å². The van der Waals surface area contributed by atoms with Crippen molar-refractivity contribution in [2.45, 2.75) is 46.3 Å². The summed E-state index contributed by atoms with van der Waals surface area (Å²) in [6.07, 6.45) is 3.23. The zero-order valence-corrected chi connectivity index (χ0v) is 19.0. The molecule has 0 aliphatic rings. The summed E-state index contributed by atoms with van der Waals surface area (Å²) in [7, 11) is 1.63. The van der Waals surface area contributed by atoms with Crippen LogP contribution in [0.4, 0.5) is 5.69 Å². The summed E-state index contributed by atoms with van der Waals surface area (Å²) in [5.41, 5.74) is 3.34. The Morgan fingerprint density at radius 1 is 1.24 bits per heavy atom. The lowest BCUT2D eigenvalue weighted by Crippen LogP contribution is -2.40. The van der Waals surface area contributed by atoms with Crippen molar-refractivity contribution in [1.29, 1.82) is 0 Å². The predicted octanol–water partition coefficient (Wildman–Crippen LogP) is 6.32. The van der Waals surface area contributed by atoms with Gasteiger partial charge in [0.15, 0.2) is 5.11 Å². The summed E-state index contributed by atoms with van der Waals surface area (Å²) < 4.78 is 7.75. The van der Waals surface area contributed by atoms with E-state index in [0.29, 0.717) is 15.9 Å². The van der Waals surface area contributed by atoms with E-state index in [0.717, 1.165) is 25.2 Å². The summed E-state index contributed by atoms with van der Waals surface area (Å²) in [6, 6.07) is 14.3. The predicted molar refractivity (Wildman–Crippen MR) is 127 cm³/mol. The van der Waals surface area contributed by atoms with Crippen LogP contribution >= 0.6 is 23.8 Å². The summed E-state index contributed by atoms with van der Waals surface area (Å²) in [6.45, 7) is 8.23. The Balaban J connectivity index is 1.90. The van der Waals surface area contributed by atoms with Crippen molar-refractivity contribution < 1.29 is 4.74 Å². The third-order valence-electron chi connectivity index (χ3n) is 5.34. The Morgan fingerprint density at radius 2 is 2.00 bits per heavy atom. The fourth-order valence-electron chi connectivity index (χ4n) is 3.50. The SMILES string of the molecule is CCC(C)N(Cc1cn(CC)c2ccccc12)C(=S)Nc1ccc(Cl)cc1OC. The van der Waals surface area contributed by atoms with E-state index in [1.807, 2.05) is 12.1 Å². The molecule has 3 aromatic rings. The number of para-hydroxylation sites is 1. The highest BCUT2D eigenvalue weighted by atomic mass is 35.5. The second kappa shape index (κ2) is 9.51. The number of hydrogen-bond donors (Lipinski definition) is 1. The van der Waals surface area contributed by atoms with Gasteiger partial charge in [0.05, 0.1) is 12.8 Å². The Bertz CT molecular complexity index is 1000. The lowest BCUT2D eigenvalue weighted by atomic mass is 10.1. The first-order valence-electron chi connectivity index (χ1n) is 9.96. The maximum absolute atomic E-state index is 6.09. The number of nitrogens with zero attached hydrogens (tertiary/aromatic N) is 2. The molecule has 0 fully saturated rings. The molecule has 154 valence electrons. The van der Waals surface area contributed by atoms with Crippen LogP contribution in [0.25, 0.3) is 10.9 Å². The number of hydrogen-bond acceptors (Lipinski definition) is 2. The number of aryl methyl sites for hydroxylation is 1. The third kappa shape index (κ3) is 4.68. The number of ether oxygens (including phenoxy) is 1. The minimum atomic E-state index is 0.289. The van der Waals surface area contributed by atoms with Gasteiger partial charge in [0.2, 0.25) is 0 Å². The molecular formula is C23H28ClN3OS. The monoisotopic (exact) mass is 429 g/mol. The van der Waals surface area contributed by atoms with Gasteiger partial charge in [-0.25, -0.2) is 0 Å². The molecule has 6 heteroatoms. The van der Waals surface area contributed by atoms with Gasteiger partial charge in [-0.3, -0.25) is 0 Å². The smallest absolute Gasteiger partial charge is 0.174 e. The molecule has 0 radical (unpaired) electrons. The second-order valence-electron chi connectivity index (χ2n) is 7.12. The van der Waals surface area contributed by atoms with Crippen LogP contribution < -0.4 is 10.1 Å². The van der Waals surface area contributed by atoms with Crippen LogP contribution in [-0.2, 0) is 13.1 Å². The Hall–Kier alpha value is -2.24. The normalized spacial score (nSPS) is 12.0. The van der Waals surface area contributed by atoms with Gasteiger partial charge in [0.1, 0.15) is 5.75 Å². The Kier molecular flexibility index (Phi) is 7.04. The number of nitrogens with one attached hydrogen (secondary N) is 1. The molecule has 1 unspecified atom stereocenters. The van der Waals surface area contributed by atoms with Crippen LogP contribution in [0.5, 0.6) is 5.75 Å². The molecule has 29 heavy (non-hydrogen) atoms. The van der Waals surface area contributed by atoms with Crippen molar-refractivity contribution in [1.82, 2.24) is 9.47 Å². The average molecular weight is 430 g/mol. The lowest BCUT2D eigenvalue weighted by Gasteiger charge is -2.31. The minimum absolute atomic E-state index is 0.289. The van der Waals surface area contributed by atoms with Crippen molar-refractivity contribution in [2.24, 2.45) is 0 Å². The van der Waals surface area contributed by atoms with Gasteiger partial charge < -0.3 is 19.5 Å². The molecule has 0 spiro atoms. The maximum Gasteiger partial charge on any atom is 0.174 e. The van der Waals surface area contributed by atoms with E-state index in [4.69, 9.17) is 28.6 Å². The van der Waals surface area contributed by atoms with Crippen molar-refractivity contribution in [3.05, 3.63) is 59.2 Å². The first-order chi connectivity index (χ1) is 14.0. The molecule has 0 bridgehead atoms. The molecule has 0 amide bonds. The van der Waals surface area contributed by atoms with Crippen LogP contribution in [-0.4, -0.2) is 27.7 Å². The van der Waals surface area contributed by atoms with Crippen LogP contribution in [0.1, 0.15) is 32.8 Å². The van der Waals surface area contributed by atoms with E-state index in [-0.39, 0.29) is 6.04 Å². The molecule has 1 heterocycles. The van der Waals surface area contributed by atoms with Crippen LogP contribution in [0.2, 0.25) is 5.02 Å². The summed E-state index contributed by atoms with van der Waals surface area (Å²) in [5, 5.41) is 5.94. The van der Waals surface area contributed by atoms with E-state index in [1.54, 1.807) is 13.2 Å². The molecule has 1 aromatic heterocycles. The van der Waals surface area contributed by atoms with Crippen molar-refractivity contribution in [2.75, 3.05) is 12.4 Å². The van der Waals surface area contributed by atoms with Gasteiger partial charge in [-0.2, -0.15) is 0 Å². The first-order valence-corrected chi connectivity index (χ1v) is 10.7. The second-order valence-corrected chi connectivity index (χ2v) is 7.94. The zero-order valence-electron chi connectivity index (χ0n) is 17.4. The maximum atomic E-state index is 6.09. The molecule has 1 N–H and O–H groups in total.